The zero-order chi connectivity index (χ0) is 13.1. The summed E-state index contributed by atoms with van der Waals surface area (Å²) in [6.45, 7) is 6.49. The van der Waals surface area contributed by atoms with Crippen LogP contribution in [-0.4, -0.2) is 10.5 Å². The number of hydrogen-bond donors (Lipinski definition) is 2. The van der Waals surface area contributed by atoms with Gasteiger partial charge in [-0.1, -0.05) is 37.2 Å². The van der Waals surface area contributed by atoms with E-state index in [0.29, 0.717) is 10.0 Å². The standard InChI is InChI=1S/C13H19ClN2S/c1-4-7-13(2,3)16-11-6-5-9(14)8-10(11)12(15)17/h5-6,8,16H,4,7H2,1-3H3,(H2,15,17). The zero-order valence-electron chi connectivity index (χ0n) is 10.5. The van der Waals surface area contributed by atoms with E-state index in [0.717, 1.165) is 24.1 Å². The second kappa shape index (κ2) is 5.69. The van der Waals surface area contributed by atoms with Crippen LogP contribution in [0, 0.1) is 0 Å². The fraction of sp³-hybridized carbons (Fsp3) is 0.462. The summed E-state index contributed by atoms with van der Waals surface area (Å²) in [5.74, 6) is 0. The van der Waals surface area contributed by atoms with E-state index in [1.54, 1.807) is 6.07 Å². The summed E-state index contributed by atoms with van der Waals surface area (Å²) in [5, 5.41) is 4.12. The molecule has 0 fully saturated rings. The number of hydrogen-bond acceptors (Lipinski definition) is 2. The summed E-state index contributed by atoms with van der Waals surface area (Å²) >= 11 is 11.0. The van der Waals surface area contributed by atoms with Crippen LogP contribution in [0.4, 0.5) is 5.69 Å². The molecule has 0 atom stereocenters. The Morgan fingerprint density at radius 3 is 2.65 bits per heavy atom. The average Bonchev–Trinajstić information content (AvgIpc) is 2.20. The monoisotopic (exact) mass is 270 g/mol. The second-order valence-electron chi connectivity index (χ2n) is 4.81. The molecule has 0 saturated heterocycles. The van der Waals surface area contributed by atoms with Crippen molar-refractivity contribution in [2.75, 3.05) is 5.32 Å². The van der Waals surface area contributed by atoms with Crippen LogP contribution in [0.15, 0.2) is 18.2 Å². The third-order valence-electron chi connectivity index (χ3n) is 2.60. The lowest BCUT2D eigenvalue weighted by Gasteiger charge is -2.28. The maximum atomic E-state index is 5.95. The first-order chi connectivity index (χ1) is 7.85. The number of nitrogens with one attached hydrogen (secondary N) is 1. The molecule has 0 aliphatic heterocycles. The van der Waals surface area contributed by atoms with Crippen LogP contribution in [0.3, 0.4) is 0 Å². The van der Waals surface area contributed by atoms with Crippen LogP contribution < -0.4 is 11.1 Å². The maximum absolute atomic E-state index is 5.95. The second-order valence-corrected chi connectivity index (χ2v) is 5.69. The number of halogens is 1. The number of anilines is 1. The molecule has 2 nitrogen and oxygen atoms in total. The lowest BCUT2D eigenvalue weighted by Crippen LogP contribution is -2.31. The minimum atomic E-state index is 0.0160. The average molecular weight is 271 g/mol. The Morgan fingerprint density at radius 2 is 2.12 bits per heavy atom. The molecule has 0 aromatic heterocycles. The molecule has 0 amide bonds. The van der Waals surface area contributed by atoms with Crippen molar-refractivity contribution in [3.8, 4) is 0 Å². The molecule has 0 bridgehead atoms. The van der Waals surface area contributed by atoms with Gasteiger partial charge >= 0.3 is 0 Å². The lowest BCUT2D eigenvalue weighted by molar-refractivity contribution is 0.511. The molecule has 4 heteroatoms. The summed E-state index contributed by atoms with van der Waals surface area (Å²) in [4.78, 5) is 0.363. The van der Waals surface area contributed by atoms with Crippen molar-refractivity contribution in [2.24, 2.45) is 5.73 Å². The predicted octanol–water partition coefficient (Wildman–Crippen LogP) is 3.96. The highest BCUT2D eigenvalue weighted by Crippen LogP contribution is 2.25. The van der Waals surface area contributed by atoms with Crippen LogP contribution in [0.2, 0.25) is 5.02 Å². The minimum Gasteiger partial charge on any atom is -0.389 e. The Balaban J connectivity index is 3.02. The van der Waals surface area contributed by atoms with Gasteiger partial charge < -0.3 is 11.1 Å². The molecule has 0 radical (unpaired) electrons. The fourth-order valence-electron chi connectivity index (χ4n) is 1.88. The molecule has 94 valence electrons. The van der Waals surface area contributed by atoms with Crippen LogP contribution >= 0.6 is 23.8 Å². The van der Waals surface area contributed by atoms with Crippen molar-refractivity contribution < 1.29 is 0 Å². The van der Waals surface area contributed by atoms with Gasteiger partial charge in [-0.2, -0.15) is 0 Å². The SMILES string of the molecule is CCCC(C)(C)Nc1ccc(Cl)cc1C(N)=S. The highest BCUT2D eigenvalue weighted by molar-refractivity contribution is 7.80. The van der Waals surface area contributed by atoms with Gasteiger partial charge in [-0.15, -0.1) is 0 Å². The zero-order valence-corrected chi connectivity index (χ0v) is 12.1. The van der Waals surface area contributed by atoms with E-state index >= 15 is 0 Å². The molecule has 0 heterocycles. The number of rotatable bonds is 5. The van der Waals surface area contributed by atoms with Gasteiger partial charge in [0.2, 0.25) is 0 Å². The summed E-state index contributed by atoms with van der Waals surface area (Å²) in [6.07, 6.45) is 2.20. The highest BCUT2D eigenvalue weighted by Gasteiger charge is 2.18. The van der Waals surface area contributed by atoms with E-state index in [1.165, 1.54) is 0 Å². The predicted molar refractivity (Wildman–Crippen MR) is 79.9 cm³/mol. The number of thiocarbonyl (C=S) groups is 1. The van der Waals surface area contributed by atoms with Crippen molar-refractivity contribution in [3.63, 3.8) is 0 Å². The van der Waals surface area contributed by atoms with Gasteiger partial charge in [0.15, 0.2) is 0 Å². The molecule has 1 aromatic rings. The first-order valence-electron chi connectivity index (χ1n) is 5.73. The van der Waals surface area contributed by atoms with E-state index < -0.39 is 0 Å². The van der Waals surface area contributed by atoms with Crippen molar-refractivity contribution in [3.05, 3.63) is 28.8 Å². The highest BCUT2D eigenvalue weighted by atomic mass is 35.5. The van der Waals surface area contributed by atoms with E-state index in [2.05, 4.69) is 26.1 Å². The molecule has 0 aliphatic rings. The molecule has 17 heavy (non-hydrogen) atoms. The lowest BCUT2D eigenvalue weighted by atomic mass is 9.97. The first-order valence-corrected chi connectivity index (χ1v) is 6.52. The van der Waals surface area contributed by atoms with Crippen LogP contribution in [0.1, 0.15) is 39.2 Å². The van der Waals surface area contributed by atoms with Crippen molar-refractivity contribution in [2.45, 2.75) is 39.2 Å². The fourth-order valence-corrected chi connectivity index (χ4v) is 2.22. The Morgan fingerprint density at radius 1 is 1.47 bits per heavy atom. The summed E-state index contributed by atoms with van der Waals surface area (Å²) < 4.78 is 0. The Bertz CT molecular complexity index is 416. The summed E-state index contributed by atoms with van der Waals surface area (Å²) in [7, 11) is 0. The maximum Gasteiger partial charge on any atom is 0.106 e. The Hall–Kier alpha value is -0.800. The first kappa shape index (κ1) is 14.3. The van der Waals surface area contributed by atoms with Gasteiger partial charge in [0.1, 0.15) is 4.99 Å². The third kappa shape index (κ3) is 4.17. The minimum absolute atomic E-state index is 0.0160. The van der Waals surface area contributed by atoms with Gasteiger partial charge in [0.25, 0.3) is 0 Å². The molecule has 0 aliphatic carbocycles. The largest absolute Gasteiger partial charge is 0.389 e. The van der Waals surface area contributed by atoms with Crippen molar-refractivity contribution in [1.82, 2.24) is 0 Å². The van der Waals surface area contributed by atoms with E-state index in [-0.39, 0.29) is 5.54 Å². The topological polar surface area (TPSA) is 38.0 Å². The Kier molecular flexibility index (Phi) is 4.78. The molecular formula is C13H19ClN2S. The van der Waals surface area contributed by atoms with E-state index in [9.17, 15) is 0 Å². The van der Waals surface area contributed by atoms with Crippen LogP contribution in [0.5, 0.6) is 0 Å². The van der Waals surface area contributed by atoms with Gasteiger partial charge in [-0.25, -0.2) is 0 Å². The van der Waals surface area contributed by atoms with E-state index in [1.807, 2.05) is 12.1 Å². The summed E-state index contributed by atoms with van der Waals surface area (Å²) in [5.41, 5.74) is 7.47. The van der Waals surface area contributed by atoms with Crippen LogP contribution in [0.25, 0.3) is 0 Å². The van der Waals surface area contributed by atoms with Gasteiger partial charge in [0, 0.05) is 21.8 Å². The molecule has 0 spiro atoms. The number of nitrogens with two attached hydrogens (primary N) is 1. The van der Waals surface area contributed by atoms with Gasteiger partial charge in [-0.05, 0) is 38.5 Å². The molecule has 0 unspecified atom stereocenters. The summed E-state index contributed by atoms with van der Waals surface area (Å²) in [6, 6.07) is 5.57. The Labute approximate surface area is 114 Å². The van der Waals surface area contributed by atoms with Gasteiger partial charge in [-0.3, -0.25) is 0 Å². The van der Waals surface area contributed by atoms with Crippen molar-refractivity contribution >= 4 is 34.5 Å². The number of benzene rings is 1. The molecule has 1 rings (SSSR count). The van der Waals surface area contributed by atoms with E-state index in [4.69, 9.17) is 29.6 Å². The molecule has 0 saturated carbocycles. The molecular weight excluding hydrogens is 252 g/mol. The normalized spacial score (nSPS) is 11.3. The smallest absolute Gasteiger partial charge is 0.106 e. The van der Waals surface area contributed by atoms with Crippen LogP contribution in [-0.2, 0) is 0 Å². The molecule has 1 aromatic carbocycles. The van der Waals surface area contributed by atoms with Gasteiger partial charge in [0.05, 0.1) is 0 Å². The quantitative estimate of drug-likeness (QED) is 0.796. The third-order valence-corrected chi connectivity index (χ3v) is 3.05. The van der Waals surface area contributed by atoms with Crippen molar-refractivity contribution in [1.29, 1.82) is 0 Å². The molecule has 3 N–H and O–H groups in total.